The molecular weight excluding hydrogens is 260 g/mol. The van der Waals surface area contributed by atoms with Crippen LogP contribution in [0.4, 0.5) is 0 Å². The maximum absolute atomic E-state index is 10.5. The third kappa shape index (κ3) is 3.35. The van der Waals surface area contributed by atoms with E-state index in [1.807, 2.05) is 13.8 Å². The average Bonchev–Trinajstić information content (AvgIpc) is 2.83. The Hall–Kier alpha value is -1.61. The van der Waals surface area contributed by atoms with Gasteiger partial charge in [-0.05, 0) is 12.8 Å². The molecule has 2 N–H and O–H groups in total. The Morgan fingerprint density at radius 3 is 2.14 bits per heavy atom. The molecule has 0 bridgehead atoms. The number of nitrogens with zero attached hydrogens (tertiary/aromatic N) is 1. The number of hydrogen-bond acceptors (Lipinski definition) is 2. The van der Waals surface area contributed by atoms with E-state index in [1.54, 1.807) is 0 Å². The summed E-state index contributed by atoms with van der Waals surface area (Å²) in [6.45, 7) is 12.5. The van der Waals surface area contributed by atoms with Crippen LogP contribution in [0.5, 0.6) is 0 Å². The molecule has 0 fully saturated rings. The van der Waals surface area contributed by atoms with Gasteiger partial charge in [0, 0.05) is 16.7 Å². The minimum Gasteiger partial charge on any atom is -0.386 e. The topological polar surface area (TPSA) is 48.9 Å². The third-order valence-electron chi connectivity index (χ3n) is 3.72. The number of aryl methyl sites for hydroxylation is 1. The lowest BCUT2D eigenvalue weighted by atomic mass is 9.88. The van der Waals surface area contributed by atoms with Crippen molar-refractivity contribution in [2.24, 2.45) is 5.92 Å². The summed E-state index contributed by atoms with van der Waals surface area (Å²) >= 11 is 0. The Balaban J connectivity index is 2.53. The van der Waals surface area contributed by atoms with E-state index < -0.39 is 6.10 Å². The van der Waals surface area contributed by atoms with Gasteiger partial charge in [0.15, 0.2) is 0 Å². The Morgan fingerprint density at radius 2 is 1.67 bits per heavy atom. The molecule has 1 unspecified atom stereocenters. The summed E-state index contributed by atoms with van der Waals surface area (Å²) in [5.41, 5.74) is 3.98. The van der Waals surface area contributed by atoms with Crippen molar-refractivity contribution in [1.29, 1.82) is 0 Å². The standard InChI is InChI=1S/C18H26N2O/c1-11(2)15(21)14-16(18(4,5)6)20-17(19-14)13-9-7-12(3)8-10-13/h7-11,15,21H,1-6H3,(H,19,20). The molecule has 3 heteroatoms. The first-order chi connectivity index (χ1) is 9.70. The monoisotopic (exact) mass is 286 g/mol. The molecule has 2 aromatic rings. The molecule has 0 amide bonds. The highest BCUT2D eigenvalue weighted by Gasteiger charge is 2.28. The molecule has 1 heterocycles. The first-order valence-corrected chi connectivity index (χ1v) is 7.55. The lowest BCUT2D eigenvalue weighted by Gasteiger charge is -2.21. The second-order valence-corrected chi connectivity index (χ2v) is 7.15. The van der Waals surface area contributed by atoms with E-state index >= 15 is 0 Å². The summed E-state index contributed by atoms with van der Waals surface area (Å²) in [6, 6.07) is 8.28. The van der Waals surface area contributed by atoms with Gasteiger partial charge in [0.05, 0.1) is 5.69 Å². The zero-order valence-corrected chi connectivity index (χ0v) is 13.9. The molecular formula is C18H26N2O. The summed E-state index contributed by atoms with van der Waals surface area (Å²) in [7, 11) is 0. The lowest BCUT2D eigenvalue weighted by molar-refractivity contribution is 0.121. The molecule has 1 aromatic carbocycles. The third-order valence-corrected chi connectivity index (χ3v) is 3.72. The van der Waals surface area contributed by atoms with E-state index in [2.05, 4.69) is 56.9 Å². The van der Waals surface area contributed by atoms with E-state index in [0.717, 1.165) is 22.8 Å². The molecule has 0 spiro atoms. The minimum atomic E-state index is -0.547. The Bertz CT molecular complexity index is 603. The van der Waals surface area contributed by atoms with Gasteiger partial charge in [-0.15, -0.1) is 0 Å². The van der Waals surface area contributed by atoms with E-state index in [9.17, 15) is 5.11 Å². The molecule has 21 heavy (non-hydrogen) atoms. The molecule has 0 saturated heterocycles. The van der Waals surface area contributed by atoms with Crippen LogP contribution in [0.15, 0.2) is 24.3 Å². The number of benzene rings is 1. The highest BCUT2D eigenvalue weighted by Crippen LogP contribution is 2.33. The van der Waals surface area contributed by atoms with Crippen LogP contribution in [0, 0.1) is 12.8 Å². The Labute approximate surface area is 127 Å². The zero-order valence-electron chi connectivity index (χ0n) is 13.9. The fourth-order valence-electron chi connectivity index (χ4n) is 2.34. The van der Waals surface area contributed by atoms with Crippen molar-refractivity contribution >= 4 is 0 Å². The minimum absolute atomic E-state index is 0.0822. The molecule has 3 nitrogen and oxygen atoms in total. The van der Waals surface area contributed by atoms with Crippen molar-refractivity contribution in [3.05, 3.63) is 41.2 Å². The maximum Gasteiger partial charge on any atom is 0.137 e. The number of hydrogen-bond donors (Lipinski definition) is 2. The number of aromatic amines is 1. The van der Waals surface area contributed by atoms with Gasteiger partial charge in [-0.3, -0.25) is 0 Å². The Morgan fingerprint density at radius 1 is 1.10 bits per heavy atom. The number of aliphatic hydroxyl groups is 1. The number of nitrogens with one attached hydrogen (secondary N) is 1. The van der Waals surface area contributed by atoms with Crippen LogP contribution in [-0.4, -0.2) is 15.1 Å². The van der Waals surface area contributed by atoms with Gasteiger partial charge < -0.3 is 10.1 Å². The van der Waals surface area contributed by atoms with Crippen LogP contribution in [0.2, 0.25) is 0 Å². The van der Waals surface area contributed by atoms with E-state index in [-0.39, 0.29) is 11.3 Å². The van der Waals surface area contributed by atoms with Crippen molar-refractivity contribution in [3.63, 3.8) is 0 Å². The second kappa shape index (κ2) is 5.64. The summed E-state index contributed by atoms with van der Waals surface area (Å²) in [5.74, 6) is 0.967. The van der Waals surface area contributed by atoms with E-state index in [4.69, 9.17) is 4.98 Å². The number of imidazole rings is 1. The predicted octanol–water partition coefficient (Wildman–Crippen LogP) is 4.37. The van der Waals surface area contributed by atoms with Crippen molar-refractivity contribution < 1.29 is 5.11 Å². The molecule has 0 radical (unpaired) electrons. The van der Waals surface area contributed by atoms with Crippen LogP contribution in [0.25, 0.3) is 11.4 Å². The number of H-pyrrole nitrogens is 1. The van der Waals surface area contributed by atoms with Gasteiger partial charge >= 0.3 is 0 Å². The fraction of sp³-hybridized carbons (Fsp3) is 0.500. The largest absolute Gasteiger partial charge is 0.386 e. The van der Waals surface area contributed by atoms with E-state index in [1.165, 1.54) is 5.56 Å². The van der Waals surface area contributed by atoms with Crippen LogP contribution in [-0.2, 0) is 5.41 Å². The summed E-state index contributed by atoms with van der Waals surface area (Å²) < 4.78 is 0. The van der Waals surface area contributed by atoms with E-state index in [0.29, 0.717) is 0 Å². The van der Waals surface area contributed by atoms with Crippen molar-refractivity contribution in [2.75, 3.05) is 0 Å². The smallest absolute Gasteiger partial charge is 0.137 e. The molecule has 0 aliphatic heterocycles. The molecule has 2 rings (SSSR count). The average molecular weight is 286 g/mol. The quantitative estimate of drug-likeness (QED) is 0.880. The van der Waals surface area contributed by atoms with Gasteiger partial charge in [-0.1, -0.05) is 64.4 Å². The molecule has 0 saturated carbocycles. The SMILES string of the molecule is Cc1ccc(-c2nc(C(O)C(C)C)c(C(C)(C)C)[nH]2)cc1. The molecule has 0 aliphatic rings. The van der Waals surface area contributed by atoms with Crippen LogP contribution < -0.4 is 0 Å². The normalized spacial score (nSPS) is 13.7. The highest BCUT2D eigenvalue weighted by atomic mass is 16.3. The Kier molecular flexibility index (Phi) is 4.24. The first kappa shape index (κ1) is 15.8. The number of aliphatic hydroxyl groups excluding tert-OH is 1. The number of rotatable bonds is 3. The van der Waals surface area contributed by atoms with Crippen molar-refractivity contribution in [2.45, 2.75) is 53.1 Å². The predicted molar refractivity (Wildman–Crippen MR) is 87.3 cm³/mol. The van der Waals surface area contributed by atoms with Crippen LogP contribution in [0.1, 0.15) is 57.7 Å². The van der Waals surface area contributed by atoms with Gasteiger partial charge in [0.2, 0.25) is 0 Å². The highest BCUT2D eigenvalue weighted by molar-refractivity contribution is 5.57. The van der Waals surface area contributed by atoms with Gasteiger partial charge in [-0.25, -0.2) is 4.98 Å². The number of aromatic nitrogens is 2. The zero-order chi connectivity index (χ0) is 15.8. The lowest BCUT2D eigenvalue weighted by Crippen LogP contribution is -2.18. The van der Waals surface area contributed by atoms with Gasteiger partial charge in [0.25, 0.3) is 0 Å². The van der Waals surface area contributed by atoms with Gasteiger partial charge in [-0.2, -0.15) is 0 Å². The molecule has 1 aromatic heterocycles. The van der Waals surface area contributed by atoms with Gasteiger partial charge in [0.1, 0.15) is 11.9 Å². The maximum atomic E-state index is 10.5. The molecule has 0 aliphatic carbocycles. The van der Waals surface area contributed by atoms with Crippen molar-refractivity contribution in [3.8, 4) is 11.4 Å². The summed E-state index contributed by atoms with van der Waals surface area (Å²) in [4.78, 5) is 8.11. The first-order valence-electron chi connectivity index (χ1n) is 7.55. The van der Waals surface area contributed by atoms with Crippen LogP contribution in [0.3, 0.4) is 0 Å². The summed E-state index contributed by atoms with van der Waals surface area (Å²) in [6.07, 6.45) is -0.547. The van der Waals surface area contributed by atoms with Crippen molar-refractivity contribution in [1.82, 2.24) is 9.97 Å². The molecule has 114 valence electrons. The fourth-order valence-corrected chi connectivity index (χ4v) is 2.34. The summed E-state index contributed by atoms with van der Waals surface area (Å²) in [5, 5.41) is 10.5. The van der Waals surface area contributed by atoms with Crippen LogP contribution >= 0.6 is 0 Å². The molecule has 1 atom stereocenters. The second-order valence-electron chi connectivity index (χ2n) is 7.15.